The Labute approximate surface area is 75.1 Å². The van der Waals surface area contributed by atoms with Crippen LogP contribution in [0.3, 0.4) is 0 Å². The van der Waals surface area contributed by atoms with Crippen LogP contribution in [0, 0.1) is 0 Å². The van der Waals surface area contributed by atoms with Gasteiger partial charge in [0.05, 0.1) is 12.1 Å². The maximum atomic E-state index is 5.94. The first-order valence-electron chi connectivity index (χ1n) is 3.74. The molecule has 0 saturated heterocycles. The maximum Gasteiger partial charge on any atom is 0.0938 e. The van der Waals surface area contributed by atoms with Crippen molar-refractivity contribution < 1.29 is 18.1 Å². The van der Waals surface area contributed by atoms with E-state index < -0.39 is 0 Å². The summed E-state index contributed by atoms with van der Waals surface area (Å²) in [6, 6.07) is 0. The van der Waals surface area contributed by atoms with Crippen LogP contribution in [-0.2, 0) is 0 Å². The molecule has 0 aliphatic rings. The minimum Gasteiger partial charge on any atom is -1.00 e. The zero-order valence-corrected chi connectivity index (χ0v) is 8.41. The van der Waals surface area contributed by atoms with Gasteiger partial charge in [-0.15, -0.1) is 0 Å². The van der Waals surface area contributed by atoms with Crippen molar-refractivity contribution in [3.05, 3.63) is 0 Å². The molecule has 2 atom stereocenters. The fourth-order valence-electron chi connectivity index (χ4n) is 0.689. The van der Waals surface area contributed by atoms with Gasteiger partial charge in [0.15, 0.2) is 0 Å². The highest BCUT2D eigenvalue weighted by Crippen LogP contribution is 2.17. The topological polar surface area (TPSA) is 79.7 Å². The van der Waals surface area contributed by atoms with Crippen LogP contribution in [0.2, 0.25) is 0 Å². The number of nitrogens with two attached hydrogens (primary N) is 2. The molecular formula is C7H20ClN3. The third kappa shape index (κ3) is 2.95. The van der Waals surface area contributed by atoms with Gasteiger partial charge in [-0.2, -0.15) is 0 Å². The van der Waals surface area contributed by atoms with Gasteiger partial charge in [-0.25, -0.2) is 0 Å². The standard InChI is InChI=1S/C7H19N3.ClH/c1-4-6(2,9)7(3,10)5-8;/h4-5,8-10H2,1-3H3;1H. The van der Waals surface area contributed by atoms with Gasteiger partial charge in [-0.3, -0.25) is 0 Å². The largest absolute Gasteiger partial charge is 1.00 e. The van der Waals surface area contributed by atoms with E-state index in [0.717, 1.165) is 6.42 Å². The van der Waals surface area contributed by atoms with Crippen molar-refractivity contribution >= 4 is 0 Å². The van der Waals surface area contributed by atoms with E-state index in [9.17, 15) is 0 Å². The summed E-state index contributed by atoms with van der Waals surface area (Å²) in [4.78, 5) is 0. The normalized spacial score (nSPS) is 21.3. The first kappa shape index (κ1) is 13.7. The Bertz CT molecular complexity index is 98.3. The smallest absolute Gasteiger partial charge is 0.0938 e. The summed E-state index contributed by atoms with van der Waals surface area (Å²) in [5.74, 6) is 0. The molecule has 2 unspecified atom stereocenters. The molecule has 70 valence electrons. The average molecular weight is 182 g/mol. The molecule has 0 aliphatic heterocycles. The highest BCUT2D eigenvalue weighted by Gasteiger charge is 2.37. The van der Waals surface area contributed by atoms with Crippen LogP contribution in [0.15, 0.2) is 0 Å². The second-order valence-corrected chi connectivity index (χ2v) is 3.44. The van der Waals surface area contributed by atoms with Crippen LogP contribution in [0.25, 0.3) is 0 Å². The highest BCUT2D eigenvalue weighted by molar-refractivity contribution is 4.99. The molecule has 0 saturated carbocycles. The fraction of sp³-hybridized carbons (Fsp3) is 1.00. The van der Waals surface area contributed by atoms with Gasteiger partial charge in [0, 0.05) is 5.54 Å². The molecule has 0 fully saturated rings. The van der Waals surface area contributed by atoms with E-state index in [4.69, 9.17) is 11.5 Å². The SMILES string of the molecule is CCC(C)(N)C(C)(N)C[NH3+].[Cl-]. The van der Waals surface area contributed by atoms with E-state index in [-0.39, 0.29) is 23.5 Å². The van der Waals surface area contributed by atoms with Crippen molar-refractivity contribution in [3.63, 3.8) is 0 Å². The lowest BCUT2D eigenvalue weighted by Crippen LogP contribution is -3.00. The van der Waals surface area contributed by atoms with E-state index in [2.05, 4.69) is 5.73 Å². The zero-order chi connectivity index (χ0) is 8.41. The number of hydrogen-bond acceptors (Lipinski definition) is 2. The maximum absolute atomic E-state index is 5.94. The number of rotatable bonds is 3. The lowest BCUT2D eigenvalue weighted by atomic mass is 9.79. The number of halogens is 1. The van der Waals surface area contributed by atoms with E-state index >= 15 is 0 Å². The van der Waals surface area contributed by atoms with Crippen molar-refractivity contribution in [1.29, 1.82) is 0 Å². The molecule has 0 aromatic rings. The van der Waals surface area contributed by atoms with Gasteiger partial charge in [-0.05, 0) is 20.3 Å². The summed E-state index contributed by atoms with van der Waals surface area (Å²) in [5.41, 5.74) is 15.0. The van der Waals surface area contributed by atoms with Gasteiger partial charge in [-0.1, -0.05) is 6.92 Å². The molecule has 0 aliphatic carbocycles. The Hall–Kier alpha value is 0.170. The quantitative estimate of drug-likeness (QED) is 0.416. The molecule has 0 aromatic heterocycles. The molecule has 0 amide bonds. The van der Waals surface area contributed by atoms with Crippen LogP contribution in [0.4, 0.5) is 0 Å². The highest BCUT2D eigenvalue weighted by atomic mass is 35.5. The summed E-state index contributed by atoms with van der Waals surface area (Å²) < 4.78 is 0. The van der Waals surface area contributed by atoms with Gasteiger partial charge in [0.25, 0.3) is 0 Å². The van der Waals surface area contributed by atoms with E-state index in [1.165, 1.54) is 0 Å². The molecule has 0 radical (unpaired) electrons. The summed E-state index contributed by atoms with van der Waals surface area (Å²) >= 11 is 0. The molecule has 0 heterocycles. The lowest BCUT2D eigenvalue weighted by molar-refractivity contribution is -0.383. The Morgan fingerprint density at radius 3 is 1.64 bits per heavy atom. The molecule has 0 aromatic carbocycles. The van der Waals surface area contributed by atoms with Gasteiger partial charge >= 0.3 is 0 Å². The van der Waals surface area contributed by atoms with Crippen LogP contribution in [0.1, 0.15) is 27.2 Å². The van der Waals surface area contributed by atoms with E-state index in [1.807, 2.05) is 20.8 Å². The lowest BCUT2D eigenvalue weighted by Gasteiger charge is -2.37. The van der Waals surface area contributed by atoms with Crippen LogP contribution in [-0.4, -0.2) is 17.6 Å². The van der Waals surface area contributed by atoms with Crippen LogP contribution >= 0.6 is 0 Å². The molecule has 4 heteroatoms. The van der Waals surface area contributed by atoms with Crippen molar-refractivity contribution in [2.75, 3.05) is 6.54 Å². The molecule has 3 nitrogen and oxygen atoms in total. The molecule has 7 N–H and O–H groups in total. The van der Waals surface area contributed by atoms with Crippen molar-refractivity contribution in [2.45, 2.75) is 38.3 Å². The number of hydrogen-bond donors (Lipinski definition) is 3. The Morgan fingerprint density at radius 1 is 1.18 bits per heavy atom. The van der Waals surface area contributed by atoms with Crippen LogP contribution in [0.5, 0.6) is 0 Å². The van der Waals surface area contributed by atoms with Gasteiger partial charge in [0.1, 0.15) is 0 Å². The molecule has 11 heavy (non-hydrogen) atoms. The summed E-state index contributed by atoms with van der Waals surface area (Å²) in [7, 11) is 0. The molecule has 0 spiro atoms. The fourth-order valence-corrected chi connectivity index (χ4v) is 0.689. The predicted octanol–water partition coefficient (Wildman–Crippen LogP) is -3.92. The number of quaternary nitrogens is 1. The monoisotopic (exact) mass is 181 g/mol. The summed E-state index contributed by atoms with van der Waals surface area (Å²) in [5, 5.41) is 0. The second kappa shape index (κ2) is 4.26. The molecule has 0 rings (SSSR count). The molecule has 0 bridgehead atoms. The summed E-state index contributed by atoms with van der Waals surface area (Å²) in [6.07, 6.45) is 0.884. The minimum absolute atomic E-state index is 0. The Balaban J connectivity index is 0. The van der Waals surface area contributed by atoms with Crippen molar-refractivity contribution in [3.8, 4) is 0 Å². The zero-order valence-electron chi connectivity index (χ0n) is 7.65. The van der Waals surface area contributed by atoms with E-state index in [0.29, 0.717) is 6.54 Å². The Morgan fingerprint density at radius 2 is 1.55 bits per heavy atom. The Kier molecular flexibility index (Phi) is 5.32. The third-order valence-electron chi connectivity index (χ3n) is 2.56. The average Bonchev–Trinajstić information content (AvgIpc) is 1.88. The van der Waals surface area contributed by atoms with Crippen molar-refractivity contribution in [1.82, 2.24) is 0 Å². The molecular weight excluding hydrogens is 162 g/mol. The second-order valence-electron chi connectivity index (χ2n) is 3.44. The third-order valence-corrected chi connectivity index (χ3v) is 2.56. The summed E-state index contributed by atoms with van der Waals surface area (Å²) in [6.45, 7) is 6.64. The van der Waals surface area contributed by atoms with Gasteiger partial charge < -0.3 is 29.6 Å². The minimum atomic E-state index is -0.345. The first-order valence-corrected chi connectivity index (χ1v) is 3.74. The predicted molar refractivity (Wildman–Crippen MR) is 43.2 cm³/mol. The van der Waals surface area contributed by atoms with E-state index in [1.54, 1.807) is 0 Å². The van der Waals surface area contributed by atoms with Crippen LogP contribution < -0.4 is 29.6 Å². The van der Waals surface area contributed by atoms with Crippen molar-refractivity contribution in [2.24, 2.45) is 11.5 Å². The van der Waals surface area contributed by atoms with Gasteiger partial charge in [0.2, 0.25) is 0 Å². The first-order chi connectivity index (χ1) is 4.37.